The first-order chi connectivity index (χ1) is 15.8. The molecule has 33 heavy (non-hydrogen) atoms. The molecular formula is C26H24N2O4S. The number of nitrogens with one attached hydrogen (secondary N) is 1. The van der Waals surface area contributed by atoms with Gasteiger partial charge in [0.1, 0.15) is 5.75 Å². The standard InChI is InChI=1S/C26H24N2O4S/c1-4-32-19-10-12-20(13-11-19)33(30,31)28-24-16-25(26(29)22-8-6-5-7-21(22)24)27-23-14-9-17(2)15-18(23)3/h5-16,27H,4H2,1-3H3/b28-24-. The molecule has 0 saturated carbocycles. The molecule has 3 aromatic carbocycles. The topological polar surface area (TPSA) is 84.8 Å². The van der Waals surface area contributed by atoms with E-state index < -0.39 is 10.0 Å². The van der Waals surface area contributed by atoms with E-state index in [1.54, 1.807) is 36.4 Å². The van der Waals surface area contributed by atoms with Crippen LogP contribution in [-0.4, -0.2) is 26.5 Å². The zero-order valence-electron chi connectivity index (χ0n) is 18.6. The molecule has 3 aromatic rings. The van der Waals surface area contributed by atoms with E-state index >= 15 is 0 Å². The molecule has 6 nitrogen and oxygen atoms in total. The molecule has 0 aliphatic heterocycles. The monoisotopic (exact) mass is 460 g/mol. The summed E-state index contributed by atoms with van der Waals surface area (Å²) in [6.07, 6.45) is 1.50. The van der Waals surface area contributed by atoms with E-state index in [0.717, 1.165) is 16.8 Å². The molecule has 7 heteroatoms. The van der Waals surface area contributed by atoms with Crippen molar-refractivity contribution in [3.63, 3.8) is 0 Å². The number of Topliss-reactive ketones (excluding diaryl/α,β-unsaturated/α-hetero) is 1. The fourth-order valence-electron chi connectivity index (χ4n) is 3.65. The molecule has 0 amide bonds. The van der Waals surface area contributed by atoms with Crippen molar-refractivity contribution in [3.05, 3.63) is 101 Å². The van der Waals surface area contributed by atoms with Crippen LogP contribution in [0.25, 0.3) is 0 Å². The largest absolute Gasteiger partial charge is 0.494 e. The van der Waals surface area contributed by atoms with Crippen molar-refractivity contribution in [2.75, 3.05) is 11.9 Å². The van der Waals surface area contributed by atoms with Crippen LogP contribution in [-0.2, 0) is 10.0 Å². The summed E-state index contributed by atoms with van der Waals surface area (Å²) in [6, 6.07) is 18.8. The quantitative estimate of drug-likeness (QED) is 0.555. The van der Waals surface area contributed by atoms with Crippen LogP contribution in [0.3, 0.4) is 0 Å². The van der Waals surface area contributed by atoms with Gasteiger partial charge in [-0.1, -0.05) is 42.0 Å². The molecule has 0 unspecified atom stereocenters. The van der Waals surface area contributed by atoms with E-state index in [9.17, 15) is 13.2 Å². The molecule has 4 rings (SSSR count). The van der Waals surface area contributed by atoms with Crippen LogP contribution in [0.5, 0.6) is 5.75 Å². The Kier molecular flexibility index (Phi) is 6.16. The van der Waals surface area contributed by atoms with Crippen molar-refractivity contribution in [2.45, 2.75) is 25.7 Å². The Hall–Kier alpha value is -3.71. The Bertz CT molecular complexity index is 1390. The first-order valence-corrected chi connectivity index (χ1v) is 12.0. The second-order valence-corrected chi connectivity index (χ2v) is 9.34. The van der Waals surface area contributed by atoms with Gasteiger partial charge in [-0.15, -0.1) is 0 Å². The normalized spacial score (nSPS) is 14.6. The Labute approximate surface area is 193 Å². The minimum absolute atomic E-state index is 0.0464. The Balaban J connectivity index is 1.77. The number of rotatable bonds is 6. The first-order valence-electron chi connectivity index (χ1n) is 10.6. The van der Waals surface area contributed by atoms with E-state index in [-0.39, 0.29) is 22.1 Å². The number of carbonyl (C=O) groups is 1. The minimum Gasteiger partial charge on any atom is -0.494 e. The van der Waals surface area contributed by atoms with Gasteiger partial charge in [-0.2, -0.15) is 12.8 Å². The van der Waals surface area contributed by atoms with Crippen LogP contribution in [0.4, 0.5) is 5.69 Å². The van der Waals surface area contributed by atoms with Crippen molar-refractivity contribution < 1.29 is 17.9 Å². The summed E-state index contributed by atoms with van der Waals surface area (Å²) in [5.41, 5.74) is 4.19. The van der Waals surface area contributed by atoms with Gasteiger partial charge in [0.25, 0.3) is 10.0 Å². The van der Waals surface area contributed by atoms with E-state index in [2.05, 4.69) is 9.71 Å². The maximum absolute atomic E-state index is 13.1. The van der Waals surface area contributed by atoms with Crippen LogP contribution in [0, 0.1) is 13.8 Å². The smallest absolute Gasteiger partial charge is 0.282 e. The van der Waals surface area contributed by atoms with Gasteiger partial charge in [0.2, 0.25) is 5.78 Å². The third-order valence-corrected chi connectivity index (χ3v) is 6.58. The van der Waals surface area contributed by atoms with Gasteiger partial charge in [-0.25, -0.2) is 0 Å². The number of anilines is 1. The summed E-state index contributed by atoms with van der Waals surface area (Å²) >= 11 is 0. The first kappa shape index (κ1) is 22.5. The molecule has 0 fully saturated rings. The highest BCUT2D eigenvalue weighted by Gasteiger charge is 2.26. The average molecular weight is 461 g/mol. The Morgan fingerprint density at radius 1 is 0.939 bits per heavy atom. The fraction of sp³-hybridized carbons (Fsp3) is 0.154. The predicted molar refractivity (Wildman–Crippen MR) is 130 cm³/mol. The number of hydrogen-bond acceptors (Lipinski definition) is 5. The number of sulfonamides is 1. The third-order valence-electron chi connectivity index (χ3n) is 5.28. The van der Waals surface area contributed by atoms with Crippen molar-refractivity contribution in [1.82, 2.24) is 0 Å². The molecule has 0 aromatic heterocycles. The maximum Gasteiger partial charge on any atom is 0.282 e. The predicted octanol–water partition coefficient (Wildman–Crippen LogP) is 5.07. The van der Waals surface area contributed by atoms with Crippen molar-refractivity contribution in [1.29, 1.82) is 0 Å². The second kappa shape index (κ2) is 9.03. The SMILES string of the molecule is CCOc1ccc(S(=O)(=O)/N=C2/C=C(Nc3ccc(C)cc3C)C(=O)c3ccccc32)cc1. The van der Waals surface area contributed by atoms with Crippen LogP contribution >= 0.6 is 0 Å². The summed E-state index contributed by atoms with van der Waals surface area (Å²) in [7, 11) is -4.01. The third kappa shape index (κ3) is 4.73. The van der Waals surface area contributed by atoms with Gasteiger partial charge in [0, 0.05) is 16.8 Å². The number of ketones is 1. The highest BCUT2D eigenvalue weighted by molar-refractivity contribution is 7.90. The lowest BCUT2D eigenvalue weighted by Crippen LogP contribution is -2.23. The number of carbonyl (C=O) groups excluding carboxylic acids is 1. The van der Waals surface area contributed by atoms with Gasteiger partial charge < -0.3 is 10.1 Å². The minimum atomic E-state index is -4.01. The van der Waals surface area contributed by atoms with Gasteiger partial charge in [0.15, 0.2) is 0 Å². The van der Waals surface area contributed by atoms with E-state index in [1.165, 1.54) is 18.2 Å². The molecule has 1 N–H and O–H groups in total. The number of benzene rings is 3. The Morgan fingerprint density at radius 3 is 2.30 bits per heavy atom. The van der Waals surface area contributed by atoms with E-state index in [4.69, 9.17) is 4.74 Å². The number of hydrogen-bond donors (Lipinski definition) is 1. The summed E-state index contributed by atoms with van der Waals surface area (Å²) in [5.74, 6) is 0.362. The zero-order valence-corrected chi connectivity index (χ0v) is 19.4. The van der Waals surface area contributed by atoms with Gasteiger partial charge in [-0.3, -0.25) is 4.79 Å². The average Bonchev–Trinajstić information content (AvgIpc) is 2.79. The van der Waals surface area contributed by atoms with Crippen molar-refractivity contribution in [3.8, 4) is 5.75 Å². The van der Waals surface area contributed by atoms with Crippen LogP contribution in [0.2, 0.25) is 0 Å². The van der Waals surface area contributed by atoms with E-state index in [0.29, 0.717) is 23.5 Å². The molecule has 1 aliphatic carbocycles. The lowest BCUT2D eigenvalue weighted by molar-refractivity contribution is 0.103. The highest BCUT2D eigenvalue weighted by atomic mass is 32.2. The number of allylic oxidation sites excluding steroid dienone is 2. The number of aryl methyl sites for hydroxylation is 2. The molecule has 168 valence electrons. The summed E-state index contributed by atoms with van der Waals surface area (Å²) < 4.78 is 35.6. The number of ether oxygens (including phenoxy) is 1. The van der Waals surface area contributed by atoms with Crippen LogP contribution in [0.15, 0.2) is 87.8 Å². The van der Waals surface area contributed by atoms with Crippen LogP contribution in [0.1, 0.15) is 34.0 Å². The van der Waals surface area contributed by atoms with Crippen LogP contribution < -0.4 is 10.1 Å². The number of nitrogens with zero attached hydrogens (tertiary/aromatic N) is 1. The molecule has 0 bridgehead atoms. The molecule has 0 atom stereocenters. The summed E-state index contributed by atoms with van der Waals surface area (Å²) in [6.45, 7) is 6.28. The van der Waals surface area contributed by atoms with E-state index in [1.807, 2.05) is 39.0 Å². The zero-order chi connectivity index (χ0) is 23.6. The fourth-order valence-corrected chi connectivity index (χ4v) is 4.65. The Morgan fingerprint density at radius 2 is 1.64 bits per heavy atom. The van der Waals surface area contributed by atoms with Gasteiger partial charge >= 0.3 is 0 Å². The lowest BCUT2D eigenvalue weighted by atomic mass is 9.92. The van der Waals surface area contributed by atoms with Gasteiger partial charge in [0.05, 0.1) is 22.9 Å². The molecule has 0 saturated heterocycles. The summed E-state index contributed by atoms with van der Waals surface area (Å²) in [5, 5.41) is 3.16. The summed E-state index contributed by atoms with van der Waals surface area (Å²) in [4.78, 5) is 13.2. The van der Waals surface area contributed by atoms with Crippen molar-refractivity contribution >= 4 is 27.2 Å². The molecular weight excluding hydrogens is 436 g/mol. The lowest BCUT2D eigenvalue weighted by Gasteiger charge is -2.19. The highest BCUT2D eigenvalue weighted by Crippen LogP contribution is 2.27. The maximum atomic E-state index is 13.1. The van der Waals surface area contributed by atoms with Crippen molar-refractivity contribution in [2.24, 2.45) is 4.40 Å². The van der Waals surface area contributed by atoms with Gasteiger partial charge in [-0.05, 0) is 62.7 Å². The molecule has 0 radical (unpaired) electrons. The molecule has 0 spiro atoms. The molecule has 0 heterocycles. The molecule has 1 aliphatic rings. The number of fused-ring (bicyclic) bond motifs is 1. The second-order valence-electron chi connectivity index (χ2n) is 7.73.